The van der Waals surface area contributed by atoms with Crippen molar-refractivity contribution in [3.8, 4) is 11.5 Å². The molecule has 0 unspecified atom stereocenters. The van der Waals surface area contributed by atoms with Gasteiger partial charge >= 0.3 is 0 Å². The van der Waals surface area contributed by atoms with E-state index in [0.717, 1.165) is 36.1 Å². The summed E-state index contributed by atoms with van der Waals surface area (Å²) in [6.07, 6.45) is 6.98. The van der Waals surface area contributed by atoms with E-state index in [-0.39, 0.29) is 12.2 Å². The first-order valence-electron chi connectivity index (χ1n) is 12.5. The Bertz CT molecular complexity index is 1610. The molecule has 1 atom stereocenters. The van der Waals surface area contributed by atoms with Crippen molar-refractivity contribution in [2.75, 3.05) is 7.11 Å². The second-order valence-electron chi connectivity index (χ2n) is 9.16. The number of thiophene rings is 1. The van der Waals surface area contributed by atoms with E-state index in [0.29, 0.717) is 38.1 Å². The highest BCUT2D eigenvalue weighted by Crippen LogP contribution is 2.34. The number of hydrazone groups is 1. The third-order valence-electron chi connectivity index (χ3n) is 6.71. The van der Waals surface area contributed by atoms with Gasteiger partial charge in [0, 0.05) is 20.5 Å². The SMILES string of the molecule is COc1cc(/C=N\NC(=O)[C@@H](C)n2cnc3sc4c(c3c2=O)CCCC4)ccc1OCc1c(Cl)cccc1Cl. The van der Waals surface area contributed by atoms with Crippen LogP contribution in [0.2, 0.25) is 10.0 Å². The third-order valence-corrected chi connectivity index (χ3v) is 8.61. The molecular weight excluding hydrogens is 559 g/mol. The summed E-state index contributed by atoms with van der Waals surface area (Å²) < 4.78 is 12.7. The molecule has 2 aromatic heterocycles. The van der Waals surface area contributed by atoms with Gasteiger partial charge in [-0.3, -0.25) is 14.2 Å². The molecule has 0 spiro atoms. The first-order chi connectivity index (χ1) is 18.9. The molecule has 1 N–H and O–H groups in total. The second-order valence-corrected chi connectivity index (χ2v) is 11.1. The quantitative estimate of drug-likeness (QED) is 0.204. The monoisotopic (exact) mass is 584 g/mol. The number of carbonyl (C=O) groups excluding carboxylic acids is 1. The number of methoxy groups -OCH3 is 1. The van der Waals surface area contributed by atoms with Gasteiger partial charge in [-0.15, -0.1) is 11.3 Å². The molecule has 2 heterocycles. The van der Waals surface area contributed by atoms with E-state index in [1.807, 2.05) is 0 Å². The van der Waals surface area contributed by atoms with Crippen LogP contribution >= 0.6 is 34.5 Å². The fourth-order valence-corrected chi connectivity index (χ4v) is 6.26. The Balaban J connectivity index is 1.26. The first kappa shape index (κ1) is 27.2. The number of hydrogen-bond donors (Lipinski definition) is 1. The van der Waals surface area contributed by atoms with Crippen LogP contribution in [0.3, 0.4) is 0 Å². The molecule has 202 valence electrons. The molecule has 39 heavy (non-hydrogen) atoms. The number of fused-ring (bicyclic) bond motifs is 3. The van der Waals surface area contributed by atoms with Crippen molar-refractivity contribution in [1.82, 2.24) is 15.0 Å². The van der Waals surface area contributed by atoms with Crippen LogP contribution in [0.4, 0.5) is 0 Å². The van der Waals surface area contributed by atoms with Crippen molar-refractivity contribution in [1.29, 1.82) is 0 Å². The first-order valence-corrected chi connectivity index (χ1v) is 14.0. The van der Waals surface area contributed by atoms with Gasteiger partial charge < -0.3 is 9.47 Å². The van der Waals surface area contributed by atoms with Crippen LogP contribution < -0.4 is 20.5 Å². The molecule has 4 aromatic rings. The number of nitrogens with zero attached hydrogens (tertiary/aromatic N) is 3. The number of amides is 1. The number of halogens is 2. The average Bonchev–Trinajstić information content (AvgIpc) is 3.32. The molecule has 1 amide bonds. The minimum atomic E-state index is -0.785. The number of rotatable bonds is 8. The highest BCUT2D eigenvalue weighted by molar-refractivity contribution is 7.18. The molecule has 8 nitrogen and oxygen atoms in total. The number of nitrogens with one attached hydrogen (secondary N) is 1. The zero-order valence-corrected chi connectivity index (χ0v) is 23.7. The van der Waals surface area contributed by atoms with Crippen LogP contribution in [-0.4, -0.2) is 28.8 Å². The van der Waals surface area contributed by atoms with Gasteiger partial charge in [-0.05, 0) is 74.1 Å². The molecular formula is C28H26Cl2N4O4S. The minimum Gasteiger partial charge on any atom is -0.493 e. The fraction of sp³-hybridized carbons (Fsp3) is 0.286. The van der Waals surface area contributed by atoms with Gasteiger partial charge in [-0.2, -0.15) is 5.10 Å². The summed E-state index contributed by atoms with van der Waals surface area (Å²) in [6.45, 7) is 1.82. The Morgan fingerprint density at radius 3 is 2.74 bits per heavy atom. The summed E-state index contributed by atoms with van der Waals surface area (Å²) in [5, 5.41) is 5.75. The van der Waals surface area contributed by atoms with Crippen molar-refractivity contribution in [2.45, 2.75) is 45.3 Å². The molecule has 0 bridgehead atoms. The van der Waals surface area contributed by atoms with Crippen LogP contribution in [0, 0.1) is 0 Å². The van der Waals surface area contributed by atoms with E-state index < -0.39 is 11.9 Å². The van der Waals surface area contributed by atoms with Crippen LogP contribution in [0.25, 0.3) is 10.2 Å². The number of aromatic nitrogens is 2. The molecule has 5 rings (SSSR count). The van der Waals surface area contributed by atoms with Crippen LogP contribution in [0.5, 0.6) is 11.5 Å². The Labute approximate surface area is 239 Å². The number of carbonyl (C=O) groups is 1. The third kappa shape index (κ3) is 5.66. The summed E-state index contributed by atoms with van der Waals surface area (Å²) >= 11 is 14.0. The lowest BCUT2D eigenvalue weighted by molar-refractivity contribution is -0.123. The van der Waals surface area contributed by atoms with Crippen molar-refractivity contribution in [2.24, 2.45) is 5.10 Å². The standard InChI is InChI=1S/C28H26Cl2N4O4S/c1-16(34-15-31-27-25(28(34)36)18-6-3-4-9-24(18)39-27)26(35)33-32-13-17-10-11-22(23(12-17)37-2)38-14-19-20(29)7-5-8-21(19)30/h5,7-8,10-13,15-16H,3-4,6,9,14H2,1-2H3,(H,33,35)/b32-13-/t16-/m1/s1. The Hall–Kier alpha value is -3.40. The van der Waals surface area contributed by atoms with Crippen LogP contribution in [-0.2, 0) is 24.2 Å². The average molecular weight is 586 g/mol. The van der Waals surface area contributed by atoms with E-state index >= 15 is 0 Å². The molecule has 1 aliphatic rings. The summed E-state index contributed by atoms with van der Waals surface area (Å²) in [5.74, 6) is 0.551. The normalized spacial score (nSPS) is 13.8. The smallest absolute Gasteiger partial charge is 0.263 e. The van der Waals surface area contributed by atoms with Crippen LogP contribution in [0.15, 0.2) is 52.6 Å². The molecule has 0 fully saturated rings. The van der Waals surface area contributed by atoms with Crippen molar-refractivity contribution >= 4 is 56.9 Å². The van der Waals surface area contributed by atoms with Crippen molar-refractivity contribution < 1.29 is 14.3 Å². The predicted molar refractivity (Wildman–Crippen MR) is 155 cm³/mol. The predicted octanol–water partition coefficient (Wildman–Crippen LogP) is 5.94. The second kappa shape index (κ2) is 11.8. The summed E-state index contributed by atoms with van der Waals surface area (Å²) in [5.41, 5.74) is 4.77. The van der Waals surface area contributed by atoms with Gasteiger partial charge in [-0.25, -0.2) is 10.4 Å². The lowest BCUT2D eigenvalue weighted by Crippen LogP contribution is -2.34. The summed E-state index contributed by atoms with van der Waals surface area (Å²) in [4.78, 5) is 32.5. The number of ether oxygens (including phenoxy) is 2. The number of hydrogen-bond acceptors (Lipinski definition) is 7. The van der Waals surface area contributed by atoms with E-state index in [1.165, 1.54) is 29.1 Å². The van der Waals surface area contributed by atoms with E-state index in [2.05, 4.69) is 15.5 Å². The maximum Gasteiger partial charge on any atom is 0.263 e. The molecule has 2 aromatic carbocycles. The van der Waals surface area contributed by atoms with Gasteiger partial charge in [0.15, 0.2) is 11.5 Å². The van der Waals surface area contributed by atoms with Gasteiger partial charge in [0.25, 0.3) is 11.5 Å². The van der Waals surface area contributed by atoms with Crippen molar-refractivity contribution in [3.63, 3.8) is 0 Å². The van der Waals surface area contributed by atoms with Gasteiger partial charge in [0.2, 0.25) is 0 Å². The lowest BCUT2D eigenvalue weighted by Gasteiger charge is -2.14. The Morgan fingerprint density at radius 2 is 1.97 bits per heavy atom. The molecule has 1 aliphatic carbocycles. The zero-order valence-electron chi connectivity index (χ0n) is 21.4. The Kier molecular flexibility index (Phi) is 8.20. The maximum atomic E-state index is 13.3. The fourth-order valence-electron chi connectivity index (χ4n) is 4.53. The van der Waals surface area contributed by atoms with Gasteiger partial charge in [0.05, 0.1) is 25.0 Å². The number of benzene rings is 2. The Morgan fingerprint density at radius 1 is 1.21 bits per heavy atom. The van der Waals surface area contributed by atoms with E-state index in [9.17, 15) is 9.59 Å². The molecule has 11 heteroatoms. The summed E-state index contributed by atoms with van der Waals surface area (Å²) in [6, 6.07) is 9.71. The molecule has 0 saturated carbocycles. The molecule has 0 aliphatic heterocycles. The highest BCUT2D eigenvalue weighted by atomic mass is 35.5. The summed E-state index contributed by atoms with van der Waals surface area (Å²) in [7, 11) is 1.53. The minimum absolute atomic E-state index is 0.171. The van der Waals surface area contributed by atoms with Crippen molar-refractivity contribution in [3.05, 3.63) is 84.7 Å². The lowest BCUT2D eigenvalue weighted by atomic mass is 9.97. The van der Waals surface area contributed by atoms with Crippen LogP contribution in [0.1, 0.15) is 47.4 Å². The molecule has 0 saturated heterocycles. The largest absolute Gasteiger partial charge is 0.493 e. The highest BCUT2D eigenvalue weighted by Gasteiger charge is 2.23. The van der Waals surface area contributed by atoms with Gasteiger partial charge in [0.1, 0.15) is 17.5 Å². The number of aryl methyl sites for hydroxylation is 2. The topological polar surface area (TPSA) is 94.8 Å². The maximum absolute atomic E-state index is 13.3. The zero-order chi connectivity index (χ0) is 27.5. The van der Waals surface area contributed by atoms with E-state index in [4.69, 9.17) is 32.7 Å². The molecule has 0 radical (unpaired) electrons. The van der Waals surface area contributed by atoms with E-state index in [1.54, 1.807) is 54.7 Å². The van der Waals surface area contributed by atoms with Gasteiger partial charge in [-0.1, -0.05) is 29.3 Å².